The molecule has 1 saturated carbocycles. The lowest BCUT2D eigenvalue weighted by Gasteiger charge is -2.27. The zero-order valence-corrected chi connectivity index (χ0v) is 12.1. The first-order chi connectivity index (χ1) is 9.56. The molecule has 1 aliphatic rings. The standard InChI is InChI=1S/C14H17N3O2S/c1-11-5-7-12(8-6-11)16-20(18,19)14-9-10-15-17(14)13-3-2-4-13/h5-10,13,16H,2-4H2,1H3. The Kier molecular flexibility index (Phi) is 3.25. The van der Waals surface area contributed by atoms with E-state index in [0.717, 1.165) is 24.8 Å². The van der Waals surface area contributed by atoms with Crippen molar-refractivity contribution in [3.8, 4) is 0 Å². The van der Waals surface area contributed by atoms with Gasteiger partial charge in [-0.1, -0.05) is 17.7 Å². The number of sulfonamides is 1. The molecule has 0 spiro atoms. The summed E-state index contributed by atoms with van der Waals surface area (Å²) in [5.41, 5.74) is 1.66. The number of hydrogen-bond acceptors (Lipinski definition) is 3. The zero-order valence-electron chi connectivity index (χ0n) is 11.3. The fourth-order valence-corrected chi connectivity index (χ4v) is 3.48. The van der Waals surface area contributed by atoms with Gasteiger partial charge in [0.15, 0.2) is 5.03 Å². The number of benzene rings is 1. The van der Waals surface area contributed by atoms with Crippen molar-refractivity contribution in [2.24, 2.45) is 0 Å². The van der Waals surface area contributed by atoms with Crippen LogP contribution < -0.4 is 4.72 Å². The Labute approximate surface area is 118 Å². The van der Waals surface area contributed by atoms with Crippen LogP contribution in [-0.4, -0.2) is 18.2 Å². The molecule has 106 valence electrons. The molecule has 3 rings (SSSR count). The molecule has 5 nitrogen and oxygen atoms in total. The third kappa shape index (κ3) is 2.43. The molecule has 0 atom stereocenters. The predicted molar refractivity (Wildman–Crippen MR) is 77.1 cm³/mol. The summed E-state index contributed by atoms with van der Waals surface area (Å²) >= 11 is 0. The van der Waals surface area contributed by atoms with Crippen LogP contribution in [0.1, 0.15) is 30.9 Å². The molecule has 0 saturated heterocycles. The molecule has 1 heterocycles. The van der Waals surface area contributed by atoms with E-state index in [1.165, 1.54) is 0 Å². The van der Waals surface area contributed by atoms with Crippen molar-refractivity contribution in [3.05, 3.63) is 42.1 Å². The monoisotopic (exact) mass is 291 g/mol. The fraction of sp³-hybridized carbons (Fsp3) is 0.357. The molecular formula is C14H17N3O2S. The largest absolute Gasteiger partial charge is 0.279 e. The molecule has 20 heavy (non-hydrogen) atoms. The number of aromatic nitrogens is 2. The molecule has 1 fully saturated rings. The average Bonchev–Trinajstić information content (AvgIpc) is 2.79. The molecule has 0 aliphatic heterocycles. The van der Waals surface area contributed by atoms with Crippen molar-refractivity contribution in [2.75, 3.05) is 4.72 Å². The highest BCUT2D eigenvalue weighted by atomic mass is 32.2. The minimum absolute atomic E-state index is 0.217. The first-order valence-electron chi connectivity index (χ1n) is 6.69. The van der Waals surface area contributed by atoms with E-state index in [2.05, 4.69) is 9.82 Å². The molecule has 0 unspecified atom stereocenters. The molecule has 1 N–H and O–H groups in total. The van der Waals surface area contributed by atoms with E-state index < -0.39 is 10.0 Å². The second-order valence-corrected chi connectivity index (χ2v) is 6.80. The topological polar surface area (TPSA) is 64.0 Å². The lowest BCUT2D eigenvalue weighted by atomic mass is 9.93. The highest BCUT2D eigenvalue weighted by Crippen LogP contribution is 2.33. The number of nitrogens with zero attached hydrogens (tertiary/aromatic N) is 2. The molecule has 0 bridgehead atoms. The molecular weight excluding hydrogens is 274 g/mol. The summed E-state index contributed by atoms with van der Waals surface area (Å²) in [5.74, 6) is 0. The summed E-state index contributed by atoms with van der Waals surface area (Å²) < 4.78 is 29.1. The minimum atomic E-state index is -3.58. The van der Waals surface area contributed by atoms with Gasteiger partial charge in [0.1, 0.15) is 0 Å². The second kappa shape index (κ2) is 4.94. The van der Waals surface area contributed by atoms with E-state index in [1.807, 2.05) is 19.1 Å². The molecule has 1 aromatic heterocycles. The number of nitrogens with one attached hydrogen (secondary N) is 1. The second-order valence-electron chi connectivity index (χ2n) is 5.17. The number of hydrogen-bond donors (Lipinski definition) is 1. The van der Waals surface area contributed by atoms with Gasteiger partial charge in [0.2, 0.25) is 0 Å². The Morgan fingerprint density at radius 1 is 1.20 bits per heavy atom. The van der Waals surface area contributed by atoms with Gasteiger partial charge < -0.3 is 0 Å². The smallest absolute Gasteiger partial charge is 0.278 e. The minimum Gasteiger partial charge on any atom is -0.278 e. The van der Waals surface area contributed by atoms with Gasteiger partial charge in [-0.25, -0.2) is 4.68 Å². The van der Waals surface area contributed by atoms with Gasteiger partial charge in [-0.3, -0.25) is 4.72 Å². The van der Waals surface area contributed by atoms with E-state index in [4.69, 9.17) is 0 Å². The summed E-state index contributed by atoms with van der Waals surface area (Å²) in [5, 5.41) is 4.40. The quantitative estimate of drug-likeness (QED) is 0.942. The Morgan fingerprint density at radius 3 is 2.50 bits per heavy atom. The van der Waals surface area contributed by atoms with Gasteiger partial charge in [0.05, 0.1) is 12.2 Å². The van der Waals surface area contributed by atoms with Crippen molar-refractivity contribution < 1.29 is 8.42 Å². The number of anilines is 1. The molecule has 0 amide bonds. The van der Waals surface area contributed by atoms with Gasteiger partial charge >= 0.3 is 0 Å². The normalized spacial score (nSPS) is 15.8. The van der Waals surface area contributed by atoms with Crippen LogP contribution in [0.3, 0.4) is 0 Å². The van der Waals surface area contributed by atoms with E-state index in [1.54, 1.807) is 29.1 Å². The van der Waals surface area contributed by atoms with Gasteiger partial charge in [-0.05, 0) is 44.4 Å². The fourth-order valence-electron chi connectivity index (χ4n) is 2.25. The number of aryl methyl sites for hydroxylation is 1. The first-order valence-corrected chi connectivity index (χ1v) is 8.17. The van der Waals surface area contributed by atoms with Crippen LogP contribution in [0.2, 0.25) is 0 Å². The van der Waals surface area contributed by atoms with Crippen LogP contribution in [0.25, 0.3) is 0 Å². The molecule has 2 aromatic rings. The van der Waals surface area contributed by atoms with E-state index >= 15 is 0 Å². The van der Waals surface area contributed by atoms with Gasteiger partial charge in [-0.15, -0.1) is 0 Å². The predicted octanol–water partition coefficient (Wildman–Crippen LogP) is 2.72. The SMILES string of the molecule is Cc1ccc(NS(=O)(=O)c2ccnn2C2CCC2)cc1. The number of rotatable bonds is 4. The van der Waals surface area contributed by atoms with Crippen molar-refractivity contribution in [1.29, 1.82) is 0 Å². The maximum Gasteiger partial charge on any atom is 0.279 e. The summed E-state index contributed by atoms with van der Waals surface area (Å²) in [6, 6.07) is 9.04. The first kappa shape index (κ1) is 13.2. The Bertz CT molecular complexity index is 700. The van der Waals surface area contributed by atoms with E-state index in [0.29, 0.717) is 5.69 Å². The van der Waals surface area contributed by atoms with Crippen LogP contribution in [0, 0.1) is 6.92 Å². The van der Waals surface area contributed by atoms with Crippen molar-refractivity contribution in [2.45, 2.75) is 37.3 Å². The van der Waals surface area contributed by atoms with Gasteiger partial charge in [0.25, 0.3) is 10.0 Å². The van der Waals surface area contributed by atoms with Gasteiger partial charge in [0, 0.05) is 5.69 Å². The van der Waals surface area contributed by atoms with Gasteiger partial charge in [-0.2, -0.15) is 13.5 Å². The Balaban J connectivity index is 1.88. The highest BCUT2D eigenvalue weighted by Gasteiger charge is 2.27. The van der Waals surface area contributed by atoms with Crippen LogP contribution in [0.4, 0.5) is 5.69 Å². The molecule has 6 heteroatoms. The van der Waals surface area contributed by atoms with E-state index in [9.17, 15) is 8.42 Å². The lowest BCUT2D eigenvalue weighted by Crippen LogP contribution is -2.24. The maximum atomic E-state index is 12.4. The van der Waals surface area contributed by atoms with E-state index in [-0.39, 0.29) is 11.1 Å². The maximum absolute atomic E-state index is 12.4. The third-order valence-corrected chi connectivity index (χ3v) is 5.01. The zero-order chi connectivity index (χ0) is 14.2. The van der Waals surface area contributed by atoms with Crippen molar-refractivity contribution in [1.82, 2.24) is 9.78 Å². The molecule has 1 aliphatic carbocycles. The van der Waals surface area contributed by atoms with Crippen LogP contribution in [0.5, 0.6) is 0 Å². The summed E-state index contributed by atoms with van der Waals surface area (Å²) in [4.78, 5) is 0. The van der Waals surface area contributed by atoms with Crippen LogP contribution in [0.15, 0.2) is 41.6 Å². The summed E-state index contributed by atoms with van der Waals surface area (Å²) in [6.07, 6.45) is 4.67. The molecule has 0 radical (unpaired) electrons. The third-order valence-electron chi connectivity index (χ3n) is 3.63. The van der Waals surface area contributed by atoms with Crippen molar-refractivity contribution >= 4 is 15.7 Å². The van der Waals surface area contributed by atoms with Crippen LogP contribution >= 0.6 is 0 Å². The van der Waals surface area contributed by atoms with Crippen LogP contribution in [-0.2, 0) is 10.0 Å². The average molecular weight is 291 g/mol. The molecule has 1 aromatic carbocycles. The highest BCUT2D eigenvalue weighted by molar-refractivity contribution is 7.92. The Hall–Kier alpha value is -1.82. The summed E-state index contributed by atoms with van der Waals surface area (Å²) in [6.45, 7) is 1.96. The lowest BCUT2D eigenvalue weighted by molar-refractivity contribution is 0.271. The Morgan fingerprint density at radius 2 is 1.90 bits per heavy atom. The van der Waals surface area contributed by atoms with Crippen molar-refractivity contribution in [3.63, 3.8) is 0 Å². The summed E-state index contributed by atoms with van der Waals surface area (Å²) in [7, 11) is -3.58.